The lowest BCUT2D eigenvalue weighted by atomic mass is 9.77. The fourth-order valence-electron chi connectivity index (χ4n) is 3.56. The van der Waals surface area contributed by atoms with Gasteiger partial charge in [0.25, 0.3) is 6.02 Å². The topological polar surface area (TPSA) is 73.6 Å². The normalized spacial score (nSPS) is 25.6. The van der Waals surface area contributed by atoms with Crippen LogP contribution >= 0.6 is 0 Å². The quantitative estimate of drug-likeness (QED) is 0.708. The predicted molar refractivity (Wildman–Crippen MR) is 99.2 cm³/mol. The van der Waals surface area contributed by atoms with Gasteiger partial charge in [-0.2, -0.15) is 13.2 Å². The zero-order valence-electron chi connectivity index (χ0n) is 16.9. The summed E-state index contributed by atoms with van der Waals surface area (Å²) in [7, 11) is 0. The van der Waals surface area contributed by atoms with E-state index in [2.05, 4.69) is 9.98 Å². The Morgan fingerprint density at radius 3 is 2.57 bits per heavy atom. The van der Waals surface area contributed by atoms with E-state index in [1.54, 1.807) is 6.92 Å². The number of alkyl halides is 4. The first-order chi connectivity index (χ1) is 13.7. The van der Waals surface area contributed by atoms with Crippen LogP contribution in [-0.2, 0) is 22.9 Å². The van der Waals surface area contributed by atoms with E-state index < -0.39 is 41.5 Å². The van der Waals surface area contributed by atoms with Gasteiger partial charge >= 0.3 is 6.18 Å². The zero-order chi connectivity index (χ0) is 22.5. The summed E-state index contributed by atoms with van der Waals surface area (Å²) in [4.78, 5) is 7.88. The maximum absolute atomic E-state index is 15.2. The van der Waals surface area contributed by atoms with Crippen LogP contribution in [0.15, 0.2) is 27.6 Å². The number of hydrogen-bond donors (Lipinski definition) is 1. The van der Waals surface area contributed by atoms with Gasteiger partial charge in [0.15, 0.2) is 11.6 Å². The zero-order valence-corrected chi connectivity index (χ0v) is 16.9. The van der Waals surface area contributed by atoms with Crippen molar-refractivity contribution in [2.45, 2.75) is 57.4 Å². The van der Waals surface area contributed by atoms with Gasteiger partial charge in [-0.15, -0.1) is 0 Å². The molecule has 3 rings (SSSR count). The molecule has 1 aromatic heterocycles. The van der Waals surface area contributed by atoms with Crippen molar-refractivity contribution in [2.24, 2.45) is 10.7 Å². The summed E-state index contributed by atoms with van der Waals surface area (Å²) in [6, 6.07) is 3.70. The van der Waals surface area contributed by atoms with Gasteiger partial charge in [0.2, 0.25) is 5.76 Å². The minimum atomic E-state index is -4.68. The standard InChI is InChI=1S/C20H22F5N3O2/c1-10(15-16(20(23,24)25)30-11(2)27-15)7-12-5-6-14(21)13(8-12)19(4)18(3,22)9-29-17(26)28-19/h5-6,8,10H,7,9H2,1-4H3,(H2,26,28)/t10?,18-,19+/m0/s1. The Kier molecular flexibility index (Phi) is 5.32. The van der Waals surface area contributed by atoms with Gasteiger partial charge in [-0.1, -0.05) is 19.1 Å². The van der Waals surface area contributed by atoms with Gasteiger partial charge in [0.05, 0.1) is 5.69 Å². The highest BCUT2D eigenvalue weighted by Crippen LogP contribution is 2.44. The van der Waals surface area contributed by atoms with Crippen LogP contribution in [0.3, 0.4) is 0 Å². The molecule has 2 N–H and O–H groups in total. The molecule has 2 heterocycles. The Hall–Kier alpha value is -2.65. The van der Waals surface area contributed by atoms with Gasteiger partial charge in [-0.3, -0.25) is 0 Å². The number of halogens is 5. The SMILES string of the molecule is Cc1nc(C(C)Cc2ccc(F)c([C@@]3(C)N=C(N)OC[C@]3(C)F)c2)c(C(F)(F)F)o1. The van der Waals surface area contributed by atoms with Crippen LogP contribution in [0, 0.1) is 12.7 Å². The molecule has 1 aliphatic rings. The maximum atomic E-state index is 15.2. The van der Waals surface area contributed by atoms with Crippen LogP contribution in [0.5, 0.6) is 0 Å². The molecule has 0 bridgehead atoms. The molecule has 164 valence electrons. The third kappa shape index (κ3) is 3.87. The van der Waals surface area contributed by atoms with Crippen LogP contribution in [-0.4, -0.2) is 23.3 Å². The average molecular weight is 431 g/mol. The van der Waals surface area contributed by atoms with Crippen molar-refractivity contribution in [3.63, 3.8) is 0 Å². The number of nitrogens with two attached hydrogens (primary N) is 1. The van der Waals surface area contributed by atoms with Crippen LogP contribution in [0.25, 0.3) is 0 Å². The molecular formula is C20H22F5N3O2. The molecule has 0 spiro atoms. The number of amidine groups is 1. The lowest BCUT2D eigenvalue weighted by Crippen LogP contribution is -2.52. The first-order valence-corrected chi connectivity index (χ1v) is 9.25. The third-order valence-corrected chi connectivity index (χ3v) is 5.42. The second kappa shape index (κ2) is 7.24. The molecule has 0 fully saturated rings. The van der Waals surface area contributed by atoms with E-state index in [0.29, 0.717) is 5.56 Å². The monoisotopic (exact) mass is 431 g/mol. The minimum absolute atomic E-state index is 0.0594. The largest absolute Gasteiger partial charge is 0.462 e. The van der Waals surface area contributed by atoms with E-state index in [-0.39, 0.29) is 29.6 Å². The van der Waals surface area contributed by atoms with Gasteiger partial charge in [0, 0.05) is 18.4 Å². The summed E-state index contributed by atoms with van der Waals surface area (Å²) in [6.45, 7) is 5.10. The fraction of sp³-hybridized carbons (Fsp3) is 0.500. The molecule has 0 saturated carbocycles. The molecule has 5 nitrogen and oxygen atoms in total. The van der Waals surface area contributed by atoms with E-state index in [0.717, 1.165) is 6.07 Å². The molecule has 0 aliphatic carbocycles. The highest BCUT2D eigenvalue weighted by molar-refractivity contribution is 5.73. The molecule has 0 radical (unpaired) electrons. The number of oxazole rings is 1. The number of aliphatic imine (C=N–C) groups is 1. The molecule has 1 aromatic carbocycles. The summed E-state index contributed by atoms with van der Waals surface area (Å²) in [6.07, 6.45) is -4.59. The maximum Gasteiger partial charge on any atom is 0.451 e. The highest BCUT2D eigenvalue weighted by atomic mass is 19.4. The van der Waals surface area contributed by atoms with E-state index in [1.807, 2.05) is 0 Å². The first-order valence-electron chi connectivity index (χ1n) is 9.25. The molecular weight excluding hydrogens is 409 g/mol. The molecule has 3 atom stereocenters. The lowest BCUT2D eigenvalue weighted by molar-refractivity contribution is -0.154. The van der Waals surface area contributed by atoms with Crippen molar-refractivity contribution in [3.05, 3.63) is 52.5 Å². The predicted octanol–water partition coefficient (Wildman–Crippen LogP) is 4.78. The molecule has 0 saturated heterocycles. The van der Waals surface area contributed by atoms with E-state index in [1.165, 1.54) is 32.9 Å². The number of benzene rings is 1. The van der Waals surface area contributed by atoms with Crippen molar-refractivity contribution in [3.8, 4) is 0 Å². The lowest BCUT2D eigenvalue weighted by Gasteiger charge is -2.41. The number of aryl methyl sites for hydroxylation is 1. The smallest absolute Gasteiger partial charge is 0.451 e. The Labute approximate surface area is 170 Å². The molecule has 1 unspecified atom stereocenters. The summed E-state index contributed by atoms with van der Waals surface area (Å²) in [5, 5.41) is 0. The second-order valence-electron chi connectivity index (χ2n) is 7.87. The van der Waals surface area contributed by atoms with Gasteiger partial charge in [-0.25, -0.2) is 18.8 Å². The number of aromatic nitrogens is 1. The van der Waals surface area contributed by atoms with Crippen LogP contribution in [0.4, 0.5) is 22.0 Å². The minimum Gasteiger partial charge on any atom is -0.462 e. The number of nitrogens with zero attached hydrogens (tertiary/aromatic N) is 2. The molecule has 2 aromatic rings. The van der Waals surface area contributed by atoms with E-state index >= 15 is 4.39 Å². The molecule has 1 aliphatic heterocycles. The first kappa shape index (κ1) is 22.0. The Balaban J connectivity index is 1.98. The summed E-state index contributed by atoms with van der Waals surface area (Å²) < 4.78 is 79.2. The van der Waals surface area contributed by atoms with Crippen molar-refractivity contribution in [2.75, 3.05) is 6.61 Å². The van der Waals surface area contributed by atoms with Crippen molar-refractivity contribution < 1.29 is 31.1 Å². The molecule has 10 heteroatoms. The highest BCUT2D eigenvalue weighted by Gasteiger charge is 2.52. The third-order valence-electron chi connectivity index (χ3n) is 5.42. The summed E-state index contributed by atoms with van der Waals surface area (Å²) >= 11 is 0. The van der Waals surface area contributed by atoms with Gasteiger partial charge < -0.3 is 14.9 Å². The fourth-order valence-corrected chi connectivity index (χ4v) is 3.56. The Morgan fingerprint density at radius 1 is 1.27 bits per heavy atom. The van der Waals surface area contributed by atoms with Crippen molar-refractivity contribution in [1.82, 2.24) is 4.98 Å². The Bertz CT molecular complexity index is 983. The number of hydrogen-bond acceptors (Lipinski definition) is 5. The number of rotatable bonds is 4. The Morgan fingerprint density at radius 2 is 1.93 bits per heavy atom. The average Bonchev–Trinajstić information content (AvgIpc) is 3.03. The summed E-state index contributed by atoms with van der Waals surface area (Å²) in [5.74, 6) is -2.65. The van der Waals surface area contributed by atoms with Crippen LogP contribution in [0.1, 0.15) is 55.2 Å². The van der Waals surface area contributed by atoms with Gasteiger partial charge in [0.1, 0.15) is 18.0 Å². The van der Waals surface area contributed by atoms with Crippen molar-refractivity contribution >= 4 is 6.02 Å². The van der Waals surface area contributed by atoms with Gasteiger partial charge in [-0.05, 0) is 31.9 Å². The molecule has 30 heavy (non-hydrogen) atoms. The van der Waals surface area contributed by atoms with E-state index in [4.69, 9.17) is 14.9 Å². The molecule has 0 amide bonds. The van der Waals surface area contributed by atoms with Crippen LogP contribution in [0.2, 0.25) is 0 Å². The summed E-state index contributed by atoms with van der Waals surface area (Å²) in [5.41, 5.74) is 2.05. The van der Waals surface area contributed by atoms with Crippen molar-refractivity contribution in [1.29, 1.82) is 0 Å². The number of ether oxygens (including phenoxy) is 1. The second-order valence-corrected chi connectivity index (χ2v) is 7.87. The van der Waals surface area contributed by atoms with Crippen LogP contribution < -0.4 is 5.73 Å². The van der Waals surface area contributed by atoms with E-state index in [9.17, 15) is 17.6 Å².